The molecule has 9 heteroatoms. The van der Waals surface area contributed by atoms with Gasteiger partial charge in [-0.3, -0.25) is 10.1 Å². The Balaban J connectivity index is 1.64. The van der Waals surface area contributed by atoms with Crippen LogP contribution in [0.5, 0.6) is 5.75 Å². The molecule has 0 radical (unpaired) electrons. The summed E-state index contributed by atoms with van der Waals surface area (Å²) < 4.78 is 6.02. The number of nitrogens with one attached hydrogen (secondary N) is 2. The molecule has 2 aromatic rings. The van der Waals surface area contributed by atoms with Crippen molar-refractivity contribution in [3.63, 3.8) is 0 Å². The number of likely N-dealkylation sites (N-methyl/N-ethyl adjacent to an activating group) is 1. The molecule has 1 saturated heterocycles. The fourth-order valence-corrected chi connectivity index (χ4v) is 3.95. The molecular weight excluding hydrogens is 476 g/mol. The van der Waals surface area contributed by atoms with Crippen LogP contribution >= 0.6 is 39.7 Å². The summed E-state index contributed by atoms with van der Waals surface area (Å²) in [5.74, 6) is 0.105. The zero-order valence-electron chi connectivity index (χ0n) is 16.2. The van der Waals surface area contributed by atoms with Gasteiger partial charge in [-0.05, 0) is 55.7 Å². The van der Waals surface area contributed by atoms with Gasteiger partial charge < -0.3 is 19.9 Å². The normalized spacial score (nSPS) is 14.4. The van der Waals surface area contributed by atoms with Crippen molar-refractivity contribution < 1.29 is 9.53 Å². The molecule has 1 aliphatic rings. The van der Waals surface area contributed by atoms with Crippen molar-refractivity contribution in [2.24, 2.45) is 0 Å². The largest absolute Gasteiger partial charge is 0.496 e. The monoisotopic (exact) mass is 496 g/mol. The Kier molecular flexibility index (Phi) is 7.34. The summed E-state index contributed by atoms with van der Waals surface area (Å²) in [6.07, 6.45) is 0. The summed E-state index contributed by atoms with van der Waals surface area (Å²) in [6, 6.07) is 10.9. The van der Waals surface area contributed by atoms with Crippen molar-refractivity contribution in [1.29, 1.82) is 0 Å². The topological polar surface area (TPSA) is 56.8 Å². The van der Waals surface area contributed by atoms with Gasteiger partial charge in [0.1, 0.15) is 5.75 Å². The second-order valence-electron chi connectivity index (χ2n) is 6.71. The molecule has 0 saturated carbocycles. The highest BCUT2D eigenvalue weighted by Gasteiger charge is 2.18. The van der Waals surface area contributed by atoms with E-state index in [4.69, 9.17) is 28.6 Å². The zero-order chi connectivity index (χ0) is 21.0. The van der Waals surface area contributed by atoms with E-state index in [1.807, 2.05) is 18.2 Å². The molecule has 0 unspecified atom stereocenters. The standard InChI is InChI=1S/C20H22BrClN4O2S/c1-25-7-9-26(10-8-25)17-5-4-14(12-16(17)22)23-20(29)24-19(27)15-11-13(21)3-6-18(15)28-2/h3-6,11-12H,7-10H2,1-2H3,(H2,23,24,27,29). The van der Waals surface area contributed by atoms with E-state index < -0.39 is 0 Å². The van der Waals surface area contributed by atoms with Gasteiger partial charge in [0.05, 0.1) is 23.4 Å². The number of thiocarbonyl (C=S) groups is 1. The fourth-order valence-electron chi connectivity index (χ4n) is 3.08. The lowest BCUT2D eigenvalue weighted by Crippen LogP contribution is -2.44. The maximum atomic E-state index is 12.6. The molecule has 1 aliphatic heterocycles. The molecule has 1 amide bonds. The van der Waals surface area contributed by atoms with Gasteiger partial charge in [0, 0.05) is 36.3 Å². The number of anilines is 2. The van der Waals surface area contributed by atoms with E-state index in [0.717, 1.165) is 36.3 Å². The number of carbonyl (C=O) groups is 1. The summed E-state index contributed by atoms with van der Waals surface area (Å²) in [4.78, 5) is 17.1. The molecule has 0 bridgehead atoms. The number of amides is 1. The quantitative estimate of drug-likeness (QED) is 0.623. The third-order valence-electron chi connectivity index (χ3n) is 4.68. The molecule has 1 fully saturated rings. The van der Waals surface area contributed by atoms with Crippen molar-refractivity contribution in [2.45, 2.75) is 0 Å². The Labute approximate surface area is 189 Å². The smallest absolute Gasteiger partial charge is 0.261 e. The van der Waals surface area contributed by atoms with Gasteiger partial charge in [0.25, 0.3) is 5.91 Å². The molecule has 0 atom stereocenters. The Hall–Kier alpha value is -1.87. The van der Waals surface area contributed by atoms with Gasteiger partial charge in [-0.25, -0.2) is 0 Å². The number of carbonyl (C=O) groups excluding carboxylic acids is 1. The third-order valence-corrected chi connectivity index (χ3v) is 5.68. The second kappa shape index (κ2) is 9.75. The predicted octanol–water partition coefficient (Wildman–Crippen LogP) is 3.99. The van der Waals surface area contributed by atoms with E-state index >= 15 is 0 Å². The minimum absolute atomic E-state index is 0.181. The van der Waals surface area contributed by atoms with Gasteiger partial charge in [-0.2, -0.15) is 0 Å². The molecular formula is C20H22BrClN4O2S. The van der Waals surface area contributed by atoms with Crippen LogP contribution in [0.3, 0.4) is 0 Å². The van der Waals surface area contributed by atoms with Crippen molar-refractivity contribution in [1.82, 2.24) is 10.2 Å². The van der Waals surface area contributed by atoms with Crippen LogP contribution in [-0.2, 0) is 0 Å². The number of piperazine rings is 1. The van der Waals surface area contributed by atoms with Crippen LogP contribution < -0.4 is 20.3 Å². The SMILES string of the molecule is COc1ccc(Br)cc1C(=O)NC(=S)Nc1ccc(N2CCN(C)CC2)c(Cl)c1. The van der Waals surface area contributed by atoms with Crippen molar-refractivity contribution in [3.05, 3.63) is 51.5 Å². The minimum atomic E-state index is -0.360. The van der Waals surface area contributed by atoms with Crippen LogP contribution in [0.4, 0.5) is 11.4 Å². The van der Waals surface area contributed by atoms with Gasteiger partial charge in [-0.15, -0.1) is 0 Å². The first-order valence-corrected chi connectivity index (χ1v) is 10.6. The molecule has 3 rings (SSSR count). The summed E-state index contributed by atoms with van der Waals surface area (Å²) in [6.45, 7) is 3.88. The lowest BCUT2D eigenvalue weighted by molar-refractivity contribution is 0.0974. The lowest BCUT2D eigenvalue weighted by Gasteiger charge is -2.34. The number of hydrogen-bond donors (Lipinski definition) is 2. The maximum absolute atomic E-state index is 12.6. The number of rotatable bonds is 4. The number of methoxy groups -OCH3 is 1. The molecule has 0 aliphatic carbocycles. The second-order valence-corrected chi connectivity index (χ2v) is 8.44. The van der Waals surface area contributed by atoms with Crippen molar-refractivity contribution >= 4 is 62.1 Å². The van der Waals surface area contributed by atoms with E-state index in [2.05, 4.69) is 43.4 Å². The van der Waals surface area contributed by atoms with E-state index in [-0.39, 0.29) is 11.0 Å². The molecule has 2 aromatic carbocycles. The van der Waals surface area contributed by atoms with Crippen molar-refractivity contribution in [2.75, 3.05) is 50.6 Å². The first kappa shape index (κ1) is 21.8. The highest BCUT2D eigenvalue weighted by Crippen LogP contribution is 2.29. The first-order valence-electron chi connectivity index (χ1n) is 9.06. The lowest BCUT2D eigenvalue weighted by atomic mass is 10.2. The number of halogens is 2. The van der Waals surface area contributed by atoms with Gasteiger partial charge in [0.15, 0.2) is 5.11 Å². The number of ether oxygens (including phenoxy) is 1. The Bertz CT molecular complexity index is 919. The van der Waals surface area contributed by atoms with Gasteiger partial charge in [-0.1, -0.05) is 27.5 Å². The maximum Gasteiger partial charge on any atom is 0.261 e. The highest BCUT2D eigenvalue weighted by molar-refractivity contribution is 9.10. The summed E-state index contributed by atoms with van der Waals surface area (Å²) >= 11 is 15.1. The molecule has 0 aromatic heterocycles. The molecule has 154 valence electrons. The Morgan fingerprint density at radius 1 is 1.17 bits per heavy atom. The summed E-state index contributed by atoms with van der Waals surface area (Å²) in [5, 5.41) is 6.50. The van der Waals surface area contributed by atoms with E-state index in [0.29, 0.717) is 22.0 Å². The minimum Gasteiger partial charge on any atom is -0.496 e. The average Bonchev–Trinajstić information content (AvgIpc) is 2.69. The fraction of sp³-hybridized carbons (Fsp3) is 0.300. The zero-order valence-corrected chi connectivity index (χ0v) is 19.3. The first-order chi connectivity index (χ1) is 13.9. The van der Waals surface area contributed by atoms with E-state index in [9.17, 15) is 4.79 Å². The van der Waals surface area contributed by atoms with Gasteiger partial charge in [0.2, 0.25) is 0 Å². The molecule has 2 N–H and O–H groups in total. The number of nitrogens with zero attached hydrogens (tertiary/aromatic N) is 2. The predicted molar refractivity (Wildman–Crippen MR) is 126 cm³/mol. The molecule has 29 heavy (non-hydrogen) atoms. The molecule has 0 spiro atoms. The molecule has 6 nitrogen and oxygen atoms in total. The summed E-state index contributed by atoms with van der Waals surface area (Å²) in [5.41, 5.74) is 2.09. The Morgan fingerprint density at radius 2 is 1.90 bits per heavy atom. The van der Waals surface area contributed by atoms with Crippen LogP contribution in [0.15, 0.2) is 40.9 Å². The number of benzene rings is 2. The number of hydrogen-bond acceptors (Lipinski definition) is 5. The average molecular weight is 498 g/mol. The van der Waals surface area contributed by atoms with E-state index in [1.165, 1.54) is 7.11 Å². The van der Waals surface area contributed by atoms with Crippen LogP contribution in [0.1, 0.15) is 10.4 Å². The van der Waals surface area contributed by atoms with Crippen LogP contribution in [0.2, 0.25) is 5.02 Å². The van der Waals surface area contributed by atoms with Crippen molar-refractivity contribution in [3.8, 4) is 5.75 Å². The van der Waals surface area contributed by atoms with E-state index in [1.54, 1.807) is 18.2 Å². The summed E-state index contributed by atoms with van der Waals surface area (Å²) in [7, 11) is 3.63. The highest BCUT2D eigenvalue weighted by atomic mass is 79.9. The van der Waals surface area contributed by atoms with Crippen LogP contribution in [-0.4, -0.2) is 56.3 Å². The molecule has 1 heterocycles. The third kappa shape index (κ3) is 5.60. The van der Waals surface area contributed by atoms with Crippen LogP contribution in [0, 0.1) is 0 Å². The Morgan fingerprint density at radius 3 is 2.55 bits per heavy atom. The van der Waals surface area contributed by atoms with Gasteiger partial charge >= 0.3 is 0 Å². The van der Waals surface area contributed by atoms with Crippen LogP contribution in [0.25, 0.3) is 0 Å².